The molecule has 12 nitrogen and oxygen atoms in total. The van der Waals surface area contributed by atoms with Crippen LogP contribution in [0.1, 0.15) is 29.2 Å². The molecule has 4 heterocycles. The van der Waals surface area contributed by atoms with E-state index in [9.17, 15) is 19.2 Å². The average molecular weight is 565 g/mol. The van der Waals surface area contributed by atoms with Crippen LogP contribution in [-0.4, -0.2) is 91.0 Å². The number of aromatic nitrogens is 2. The SMILES string of the molecule is C[C@H]1CN2c3c(cc(-c4nnc(C(=O)OCCN(C)C)s4)c(F)c3F)CC3(C(=O)NC(=O)NC3=O)C2[C@@H](C)O1. The monoisotopic (exact) mass is 564 g/mol. The number of fused-ring (bicyclic) bond motifs is 4. The average Bonchev–Trinajstić information content (AvgIpc) is 3.34. The zero-order valence-corrected chi connectivity index (χ0v) is 22.4. The zero-order valence-electron chi connectivity index (χ0n) is 21.5. The van der Waals surface area contributed by atoms with Crippen LogP contribution >= 0.6 is 11.3 Å². The van der Waals surface area contributed by atoms with Gasteiger partial charge in [0.25, 0.3) is 0 Å². The molecule has 3 aliphatic heterocycles. The van der Waals surface area contributed by atoms with Crippen LogP contribution in [0, 0.1) is 17.0 Å². The lowest BCUT2D eigenvalue weighted by molar-refractivity contribution is -0.153. The number of nitrogens with zero attached hydrogens (tertiary/aromatic N) is 4. The van der Waals surface area contributed by atoms with E-state index in [-0.39, 0.29) is 46.4 Å². The summed E-state index contributed by atoms with van der Waals surface area (Å²) in [5.74, 6) is -4.87. The Hall–Kier alpha value is -3.56. The number of hydrogen-bond acceptors (Lipinski definition) is 11. The molecule has 0 bridgehead atoms. The number of ether oxygens (including phenoxy) is 2. The third-order valence-electron chi connectivity index (χ3n) is 7.07. The molecule has 0 radical (unpaired) electrons. The Morgan fingerprint density at radius 3 is 2.56 bits per heavy atom. The van der Waals surface area contributed by atoms with Gasteiger partial charge in [0, 0.05) is 19.5 Å². The fraction of sp³-hybridized carbons (Fsp3) is 0.500. The fourth-order valence-corrected chi connectivity index (χ4v) is 6.24. The Morgan fingerprint density at radius 1 is 1.21 bits per heavy atom. The van der Waals surface area contributed by atoms with Crippen molar-refractivity contribution in [2.45, 2.75) is 38.5 Å². The maximum Gasteiger partial charge on any atom is 0.369 e. The molecule has 0 saturated carbocycles. The highest BCUT2D eigenvalue weighted by atomic mass is 32.1. The van der Waals surface area contributed by atoms with Crippen molar-refractivity contribution in [1.82, 2.24) is 25.7 Å². The molecule has 1 aromatic heterocycles. The molecule has 5 rings (SSSR count). The van der Waals surface area contributed by atoms with Crippen LogP contribution in [0.3, 0.4) is 0 Å². The number of morpholine rings is 1. The first-order chi connectivity index (χ1) is 18.4. The van der Waals surface area contributed by atoms with E-state index >= 15 is 8.78 Å². The summed E-state index contributed by atoms with van der Waals surface area (Å²) in [6, 6.07) is -0.676. The van der Waals surface area contributed by atoms with Crippen LogP contribution in [0.5, 0.6) is 0 Å². The topological polar surface area (TPSA) is 143 Å². The molecule has 1 aromatic carbocycles. The molecule has 4 amide bonds. The van der Waals surface area contributed by atoms with Gasteiger partial charge in [0.05, 0.1) is 29.5 Å². The first-order valence-corrected chi connectivity index (χ1v) is 13.0. The number of nitrogens with one attached hydrogen (secondary N) is 2. The normalized spacial score (nSPS) is 23.8. The number of carbonyl (C=O) groups is 4. The lowest BCUT2D eigenvalue weighted by Crippen LogP contribution is -2.75. The molecule has 1 unspecified atom stereocenters. The van der Waals surface area contributed by atoms with Crippen molar-refractivity contribution >= 4 is 40.8 Å². The second-order valence-corrected chi connectivity index (χ2v) is 11.0. The molecule has 2 saturated heterocycles. The summed E-state index contributed by atoms with van der Waals surface area (Å²) in [6.07, 6.45) is -1.50. The number of anilines is 1. The third-order valence-corrected chi connectivity index (χ3v) is 8.01. The molecule has 2 fully saturated rings. The van der Waals surface area contributed by atoms with Crippen molar-refractivity contribution in [1.29, 1.82) is 0 Å². The van der Waals surface area contributed by atoms with Crippen molar-refractivity contribution in [3.05, 3.63) is 28.3 Å². The number of amides is 4. The third kappa shape index (κ3) is 4.43. The van der Waals surface area contributed by atoms with E-state index < -0.39 is 59.1 Å². The summed E-state index contributed by atoms with van der Waals surface area (Å²) in [6.45, 7) is 4.03. The first-order valence-electron chi connectivity index (χ1n) is 12.2. The van der Waals surface area contributed by atoms with Crippen molar-refractivity contribution in [3.63, 3.8) is 0 Å². The van der Waals surface area contributed by atoms with Crippen LogP contribution in [0.2, 0.25) is 0 Å². The molecule has 2 N–H and O–H groups in total. The molecule has 15 heteroatoms. The van der Waals surface area contributed by atoms with Gasteiger partial charge in [-0.25, -0.2) is 18.4 Å². The van der Waals surface area contributed by atoms with Crippen LogP contribution in [-0.2, 0) is 25.5 Å². The molecular weight excluding hydrogens is 538 g/mol. The molecule has 208 valence electrons. The van der Waals surface area contributed by atoms with E-state index in [2.05, 4.69) is 20.8 Å². The van der Waals surface area contributed by atoms with Gasteiger partial charge in [-0.15, -0.1) is 10.2 Å². The molecule has 0 aliphatic carbocycles. The van der Waals surface area contributed by atoms with Gasteiger partial charge in [-0.2, -0.15) is 0 Å². The Balaban J connectivity index is 1.58. The van der Waals surface area contributed by atoms with E-state index in [1.165, 1.54) is 11.0 Å². The minimum absolute atomic E-state index is 0.0652. The van der Waals surface area contributed by atoms with Crippen molar-refractivity contribution in [2.24, 2.45) is 5.41 Å². The summed E-state index contributed by atoms with van der Waals surface area (Å²) in [4.78, 5) is 54.1. The Bertz CT molecular complexity index is 1360. The van der Waals surface area contributed by atoms with E-state index in [0.29, 0.717) is 6.54 Å². The highest BCUT2D eigenvalue weighted by Crippen LogP contribution is 2.49. The van der Waals surface area contributed by atoms with Gasteiger partial charge in [-0.3, -0.25) is 20.2 Å². The van der Waals surface area contributed by atoms with Gasteiger partial charge in [0.1, 0.15) is 6.61 Å². The van der Waals surface area contributed by atoms with Gasteiger partial charge >= 0.3 is 12.0 Å². The van der Waals surface area contributed by atoms with E-state index in [0.717, 1.165) is 11.3 Å². The Labute approximate surface area is 225 Å². The maximum absolute atomic E-state index is 15.8. The molecule has 2 aromatic rings. The summed E-state index contributed by atoms with van der Waals surface area (Å²) in [5, 5.41) is 11.7. The molecule has 3 aliphatic rings. The van der Waals surface area contributed by atoms with Crippen molar-refractivity contribution in [2.75, 3.05) is 38.7 Å². The molecular formula is C24H26F2N6O6S. The van der Waals surface area contributed by atoms with Crippen LogP contribution < -0.4 is 15.5 Å². The van der Waals surface area contributed by atoms with Crippen molar-refractivity contribution < 1.29 is 37.4 Å². The van der Waals surface area contributed by atoms with E-state index in [1.807, 2.05) is 19.0 Å². The van der Waals surface area contributed by atoms with Crippen LogP contribution in [0.25, 0.3) is 10.6 Å². The number of halogens is 2. The van der Waals surface area contributed by atoms with Crippen molar-refractivity contribution in [3.8, 4) is 10.6 Å². The maximum atomic E-state index is 15.8. The second-order valence-electron chi connectivity index (χ2n) is 10.0. The van der Waals surface area contributed by atoms with E-state index in [4.69, 9.17) is 9.47 Å². The number of esters is 1. The number of likely N-dealkylation sites (N-methyl/N-ethyl adjacent to an activating group) is 1. The molecule has 3 atom stereocenters. The minimum atomic E-state index is -1.86. The quantitative estimate of drug-likeness (QED) is 0.400. The number of benzene rings is 1. The largest absolute Gasteiger partial charge is 0.459 e. The highest BCUT2D eigenvalue weighted by Gasteiger charge is 2.63. The highest BCUT2D eigenvalue weighted by molar-refractivity contribution is 7.16. The first kappa shape index (κ1) is 27.0. The van der Waals surface area contributed by atoms with Gasteiger partial charge in [-0.1, -0.05) is 11.3 Å². The van der Waals surface area contributed by atoms with Gasteiger partial charge in [0.15, 0.2) is 22.1 Å². The fourth-order valence-electron chi connectivity index (χ4n) is 5.49. The summed E-state index contributed by atoms with van der Waals surface area (Å²) >= 11 is 0.725. The van der Waals surface area contributed by atoms with Crippen LogP contribution in [0.15, 0.2) is 6.07 Å². The number of barbiturate groups is 1. The summed E-state index contributed by atoms with van der Waals surface area (Å²) < 4.78 is 42.4. The van der Waals surface area contributed by atoms with Gasteiger partial charge in [0.2, 0.25) is 16.8 Å². The number of carbonyl (C=O) groups excluding carboxylic acids is 4. The Kier molecular flexibility index (Phi) is 6.84. The lowest BCUT2D eigenvalue weighted by Gasteiger charge is -2.55. The number of rotatable bonds is 5. The number of imide groups is 2. The Morgan fingerprint density at radius 2 is 1.90 bits per heavy atom. The van der Waals surface area contributed by atoms with Crippen LogP contribution in [0.4, 0.5) is 19.3 Å². The number of hydrogen-bond donors (Lipinski definition) is 2. The van der Waals surface area contributed by atoms with E-state index in [1.54, 1.807) is 13.8 Å². The summed E-state index contributed by atoms with van der Waals surface area (Å²) in [5.41, 5.74) is -2.08. The molecule has 1 spiro atoms. The predicted molar refractivity (Wildman–Crippen MR) is 133 cm³/mol. The van der Waals surface area contributed by atoms with Gasteiger partial charge in [-0.05, 0) is 39.6 Å². The standard InChI is InChI=1S/C24H26F2N6O6S/c1-10-9-32-16-12(8-24(17(32)11(2)38-10)21(34)27-23(36)28-22(24)35)7-13(14(25)15(16)26)18-29-30-19(39-18)20(33)37-6-5-31(3)4/h7,10-11,17H,5-6,8-9H2,1-4H3,(H2,27,28,34,35,36)/t10-,11+,17?/m0/s1. The lowest BCUT2D eigenvalue weighted by atomic mass is 9.66. The van der Waals surface area contributed by atoms with Gasteiger partial charge < -0.3 is 19.3 Å². The summed E-state index contributed by atoms with van der Waals surface area (Å²) in [7, 11) is 3.63. The molecule has 39 heavy (non-hydrogen) atoms. The zero-order chi connectivity index (χ0) is 28.2. The second kappa shape index (κ2) is 9.88. The smallest absolute Gasteiger partial charge is 0.369 e. The minimum Gasteiger partial charge on any atom is -0.459 e. The predicted octanol–water partition coefficient (Wildman–Crippen LogP) is 1.09. The number of urea groups is 1.